The van der Waals surface area contributed by atoms with Crippen molar-refractivity contribution in [2.24, 2.45) is 5.41 Å². The van der Waals surface area contributed by atoms with Crippen LogP contribution in [0, 0.1) is 5.41 Å². The zero-order valence-corrected chi connectivity index (χ0v) is 31.3. The molecule has 7 atom stereocenters. The zero-order chi connectivity index (χ0) is 39.1. The number of fused-ring (bicyclic) bond motifs is 1. The third-order valence-corrected chi connectivity index (χ3v) is 11.2. The van der Waals surface area contributed by atoms with E-state index in [2.05, 4.69) is 34.4 Å². The smallest absolute Gasteiger partial charge is 0.386 e. The van der Waals surface area contributed by atoms with Crippen molar-refractivity contribution in [2.45, 2.75) is 64.3 Å². The van der Waals surface area contributed by atoms with E-state index in [0.29, 0.717) is 12.2 Å². The summed E-state index contributed by atoms with van der Waals surface area (Å²) in [6.45, 7) is 2.24. The van der Waals surface area contributed by atoms with Gasteiger partial charge in [-0.05, 0) is 0 Å². The third kappa shape index (κ3) is 12.9. The van der Waals surface area contributed by atoms with Crippen molar-refractivity contribution < 1.29 is 80.5 Å². The van der Waals surface area contributed by atoms with Crippen molar-refractivity contribution >= 4 is 69.1 Å². The summed E-state index contributed by atoms with van der Waals surface area (Å²) >= 11 is 1.07. The van der Waals surface area contributed by atoms with Gasteiger partial charge in [0, 0.05) is 37.1 Å². The fourth-order valence-corrected chi connectivity index (χ4v) is 7.86. The second-order valence-corrected chi connectivity index (χ2v) is 17.0. The number of thioether (sulfide) groups is 1. The third-order valence-electron chi connectivity index (χ3n) is 7.05. The normalized spacial score (nSPS) is 22.4. The van der Waals surface area contributed by atoms with Crippen molar-refractivity contribution in [1.29, 1.82) is 0 Å². The number of nitrogen functional groups attached to an aromatic ring is 1. The molecule has 2 amide bonds. The van der Waals surface area contributed by atoms with E-state index in [1.165, 1.54) is 13.8 Å². The minimum Gasteiger partial charge on any atom is -0.386 e. The van der Waals surface area contributed by atoms with Crippen LogP contribution in [-0.4, -0.2) is 123 Å². The van der Waals surface area contributed by atoms with Gasteiger partial charge < -0.3 is 50.9 Å². The molecule has 1 saturated heterocycles. The van der Waals surface area contributed by atoms with Crippen LogP contribution in [0.4, 0.5) is 5.82 Å². The first-order valence-corrected chi connectivity index (χ1v) is 20.6. The highest BCUT2D eigenvalue weighted by Gasteiger charge is 2.50. The number of hydrogen-bond acceptors (Lipinski definition) is 18. The van der Waals surface area contributed by atoms with Crippen LogP contribution in [0.3, 0.4) is 0 Å². The molecule has 0 saturated carbocycles. The Hall–Kier alpha value is -2.44. The van der Waals surface area contributed by atoms with Crippen LogP contribution >= 0.6 is 35.2 Å². The lowest BCUT2D eigenvalue weighted by atomic mass is 9.87. The Labute approximate surface area is 299 Å². The summed E-state index contributed by atoms with van der Waals surface area (Å²) in [6, 6.07) is 0. The molecule has 24 nitrogen and oxygen atoms in total. The largest absolute Gasteiger partial charge is 0.481 e. The average molecular weight is 824 g/mol. The van der Waals surface area contributed by atoms with Crippen LogP contribution in [-0.2, 0) is 50.7 Å². The van der Waals surface area contributed by atoms with Crippen LogP contribution in [0.15, 0.2) is 12.7 Å². The standard InChI is InChI=1S/C24H40N7O17P3S/c1-4-15(33)52-8-7-26-14(32)5-6-27-22(36)19(35)24(2,3)10-45-51(42,43)48-50(40,41)44-9-13-18(47-49(37,38)39)17(34)23(46-13)31-12-30-16-20(25)28-11-29-21(16)31/h11-13,17-19,23,34-35H,4-10H2,1-3H3,(H,26,32)(H,27,36)(H,40,41)(H,42,43)(H2,25,28,29)(H2,37,38,39)/t13-,17?,18?,19+,23-/m0/s1. The number of ether oxygens (including phenoxy) is 1. The maximum atomic E-state index is 12.6. The summed E-state index contributed by atoms with van der Waals surface area (Å²) in [7, 11) is -16.4. The second-order valence-electron chi connectivity index (χ2n) is 11.6. The Morgan fingerprint density at radius 3 is 2.40 bits per heavy atom. The number of aromatic nitrogens is 4. The Balaban J connectivity index is 1.54. The Morgan fingerprint density at radius 2 is 1.75 bits per heavy atom. The lowest BCUT2D eigenvalue weighted by molar-refractivity contribution is -0.137. The number of anilines is 1. The van der Waals surface area contributed by atoms with E-state index in [1.54, 1.807) is 6.92 Å². The van der Waals surface area contributed by atoms with E-state index in [1.807, 2.05) is 0 Å². The summed E-state index contributed by atoms with van der Waals surface area (Å²) in [6.07, 6.45) is -6.52. The number of rotatable bonds is 20. The van der Waals surface area contributed by atoms with E-state index in [4.69, 9.17) is 19.5 Å². The van der Waals surface area contributed by atoms with Gasteiger partial charge in [0.15, 0.2) is 22.8 Å². The van der Waals surface area contributed by atoms with Gasteiger partial charge in [-0.25, -0.2) is 28.6 Å². The summed E-state index contributed by atoms with van der Waals surface area (Å²) in [5, 5.41) is 26.2. The second kappa shape index (κ2) is 18.3. The first kappa shape index (κ1) is 44.0. The summed E-state index contributed by atoms with van der Waals surface area (Å²) < 4.78 is 61.9. The van der Waals surface area contributed by atoms with E-state index in [0.717, 1.165) is 29.0 Å². The molecule has 2 aromatic rings. The molecule has 0 aromatic carbocycles. The number of aliphatic hydroxyl groups is 2. The average Bonchev–Trinajstić information content (AvgIpc) is 3.60. The van der Waals surface area contributed by atoms with Crippen molar-refractivity contribution in [1.82, 2.24) is 30.2 Å². The molecule has 0 bridgehead atoms. The van der Waals surface area contributed by atoms with Crippen LogP contribution in [0.25, 0.3) is 11.2 Å². The summed E-state index contributed by atoms with van der Waals surface area (Å²) in [5.74, 6) is -1.07. The van der Waals surface area contributed by atoms with E-state index < -0.39 is 84.6 Å². The van der Waals surface area contributed by atoms with Crippen LogP contribution < -0.4 is 16.4 Å². The number of carbonyl (C=O) groups excluding carboxylic acids is 3. The number of amides is 2. The van der Waals surface area contributed by atoms with Crippen molar-refractivity contribution in [3.63, 3.8) is 0 Å². The molecule has 3 heterocycles. The quantitative estimate of drug-likeness (QED) is 0.0575. The highest BCUT2D eigenvalue weighted by atomic mass is 32.2. The first-order valence-electron chi connectivity index (χ1n) is 15.1. The summed E-state index contributed by atoms with van der Waals surface area (Å²) in [5.41, 5.74) is 4.26. The van der Waals surface area contributed by atoms with Gasteiger partial charge in [0.25, 0.3) is 0 Å². The molecule has 294 valence electrons. The molecular weight excluding hydrogens is 783 g/mol. The SMILES string of the molecule is CCC(=O)SCCNC(=O)CCNC(=O)[C@@H](O)C(C)(C)COP(=O)(O)OP(=O)(O)OC[C@@H]1O[C@H](n2cnc3c(N)ncnc32)C(O)C1OP(=O)(O)O. The predicted octanol–water partition coefficient (Wildman–Crippen LogP) is -0.925. The topological polar surface area (TPSA) is 364 Å². The maximum Gasteiger partial charge on any atom is 0.481 e. The lowest BCUT2D eigenvalue weighted by Gasteiger charge is -2.30. The maximum absolute atomic E-state index is 12.6. The number of carbonyl (C=O) groups is 3. The first-order chi connectivity index (χ1) is 24.1. The highest BCUT2D eigenvalue weighted by Crippen LogP contribution is 2.61. The number of nitrogens with one attached hydrogen (secondary N) is 2. The molecule has 0 aliphatic carbocycles. The molecule has 1 aliphatic heterocycles. The molecule has 10 N–H and O–H groups in total. The molecule has 1 fully saturated rings. The fraction of sp³-hybridized carbons (Fsp3) is 0.667. The molecule has 2 aromatic heterocycles. The van der Waals surface area contributed by atoms with Crippen molar-refractivity contribution in [3.05, 3.63) is 12.7 Å². The van der Waals surface area contributed by atoms with Crippen molar-refractivity contribution in [2.75, 3.05) is 37.8 Å². The zero-order valence-electron chi connectivity index (χ0n) is 27.8. The number of phosphoric acid groups is 3. The monoisotopic (exact) mass is 823 g/mol. The highest BCUT2D eigenvalue weighted by molar-refractivity contribution is 8.13. The van der Waals surface area contributed by atoms with Crippen LogP contribution in [0.5, 0.6) is 0 Å². The minimum atomic E-state index is -5.56. The van der Waals surface area contributed by atoms with E-state index in [9.17, 15) is 57.9 Å². The molecule has 3 rings (SSSR count). The number of nitrogens with zero attached hydrogens (tertiary/aromatic N) is 4. The van der Waals surface area contributed by atoms with Crippen LogP contribution in [0.1, 0.15) is 39.8 Å². The molecule has 0 spiro atoms. The molecule has 52 heavy (non-hydrogen) atoms. The molecular formula is C24H40N7O17P3S. The van der Waals surface area contributed by atoms with Gasteiger partial charge >= 0.3 is 23.5 Å². The number of phosphoric ester groups is 3. The fourth-order valence-electron chi connectivity index (χ4n) is 4.40. The molecule has 0 radical (unpaired) electrons. The van der Waals surface area contributed by atoms with Crippen molar-refractivity contribution in [3.8, 4) is 0 Å². The molecule has 4 unspecified atom stereocenters. The molecule has 28 heteroatoms. The summed E-state index contributed by atoms with van der Waals surface area (Å²) in [4.78, 5) is 86.4. The van der Waals surface area contributed by atoms with Gasteiger partial charge in [0.1, 0.15) is 36.3 Å². The van der Waals surface area contributed by atoms with Gasteiger partial charge in [0.05, 0.1) is 19.5 Å². The number of aliphatic hydroxyl groups excluding tert-OH is 2. The van der Waals surface area contributed by atoms with E-state index >= 15 is 0 Å². The molecule has 1 aliphatic rings. The van der Waals surface area contributed by atoms with Gasteiger partial charge in [-0.2, -0.15) is 4.31 Å². The van der Waals surface area contributed by atoms with Gasteiger partial charge in [-0.1, -0.05) is 32.5 Å². The minimum absolute atomic E-state index is 0.0221. The van der Waals surface area contributed by atoms with Gasteiger partial charge in [0.2, 0.25) is 11.8 Å². The number of nitrogens with two attached hydrogens (primary N) is 1. The van der Waals surface area contributed by atoms with Gasteiger partial charge in [-0.15, -0.1) is 0 Å². The number of imidazole rings is 1. The van der Waals surface area contributed by atoms with E-state index in [-0.39, 0.29) is 41.6 Å². The number of hydrogen-bond donors (Lipinski definition) is 9. The predicted molar refractivity (Wildman–Crippen MR) is 177 cm³/mol. The lowest BCUT2D eigenvalue weighted by Crippen LogP contribution is -2.46. The Morgan fingerprint density at radius 1 is 1.08 bits per heavy atom. The van der Waals surface area contributed by atoms with Gasteiger partial charge in [-0.3, -0.25) is 32.5 Å². The Bertz CT molecular complexity index is 1730. The van der Waals surface area contributed by atoms with Crippen LogP contribution in [0.2, 0.25) is 0 Å². The Kier molecular flexibility index (Phi) is 15.4.